The first-order valence-electron chi connectivity index (χ1n) is 5.43. The average molecular weight is 227 g/mol. The molecular weight excluding hydrogens is 214 g/mol. The van der Waals surface area contributed by atoms with Crippen LogP contribution in [0.3, 0.4) is 0 Å². The lowest BCUT2D eigenvalue weighted by atomic mass is 10.1. The van der Waals surface area contributed by atoms with Crippen molar-refractivity contribution in [1.82, 2.24) is 20.2 Å². The molecule has 1 heterocycles. The van der Waals surface area contributed by atoms with Crippen LogP contribution in [-0.4, -0.2) is 20.2 Å². The van der Waals surface area contributed by atoms with Crippen molar-refractivity contribution in [3.05, 3.63) is 29.8 Å². The summed E-state index contributed by atoms with van der Waals surface area (Å²) in [6.07, 6.45) is 0. The molecule has 1 aromatic carbocycles. The normalized spacial score (nSPS) is 12.1. The highest BCUT2D eigenvalue weighted by molar-refractivity contribution is 5.53. The molecule has 5 nitrogen and oxygen atoms in total. The molecule has 1 atom stereocenters. The molecule has 0 saturated carbocycles. The van der Waals surface area contributed by atoms with Crippen molar-refractivity contribution in [3.8, 4) is 17.5 Å². The summed E-state index contributed by atoms with van der Waals surface area (Å²) < 4.78 is 0. The van der Waals surface area contributed by atoms with Gasteiger partial charge < -0.3 is 0 Å². The lowest BCUT2D eigenvalue weighted by molar-refractivity contribution is 0.463. The molecule has 2 aromatic rings. The van der Waals surface area contributed by atoms with Crippen LogP contribution in [0.25, 0.3) is 11.4 Å². The van der Waals surface area contributed by atoms with E-state index in [9.17, 15) is 0 Å². The molecule has 0 saturated heterocycles. The van der Waals surface area contributed by atoms with Crippen LogP contribution in [0.4, 0.5) is 0 Å². The molecule has 0 fully saturated rings. The second-order valence-corrected chi connectivity index (χ2v) is 4.06. The van der Waals surface area contributed by atoms with E-state index >= 15 is 0 Å². The van der Waals surface area contributed by atoms with Gasteiger partial charge in [0, 0.05) is 5.56 Å². The highest BCUT2D eigenvalue weighted by Gasteiger charge is 2.07. The van der Waals surface area contributed by atoms with E-state index in [1.165, 1.54) is 10.4 Å². The second kappa shape index (κ2) is 4.74. The van der Waals surface area contributed by atoms with Crippen LogP contribution in [-0.2, 0) is 6.54 Å². The summed E-state index contributed by atoms with van der Waals surface area (Å²) in [4.78, 5) is 1.46. The predicted octanol–water partition coefficient (Wildman–Crippen LogP) is 1.81. The third-order valence-corrected chi connectivity index (χ3v) is 2.42. The largest absolute Gasteiger partial charge is 0.204 e. The maximum Gasteiger partial charge on any atom is 0.204 e. The van der Waals surface area contributed by atoms with E-state index in [2.05, 4.69) is 21.5 Å². The predicted molar refractivity (Wildman–Crippen MR) is 62.8 cm³/mol. The Morgan fingerprint density at radius 3 is 2.71 bits per heavy atom. The van der Waals surface area contributed by atoms with Crippen molar-refractivity contribution in [2.24, 2.45) is 5.92 Å². The first kappa shape index (κ1) is 11.3. The Balaban J connectivity index is 2.18. The highest BCUT2D eigenvalue weighted by atomic mass is 15.6. The number of tetrazole rings is 1. The number of hydrogen-bond acceptors (Lipinski definition) is 4. The first-order valence-corrected chi connectivity index (χ1v) is 5.43. The number of aromatic nitrogens is 4. The molecule has 0 N–H and O–H groups in total. The van der Waals surface area contributed by atoms with Crippen molar-refractivity contribution >= 4 is 0 Å². The standard InChI is InChI=1S/C12H13N5/c1-9-3-5-11(6-4-9)12-14-16-17(15-12)8-10(2)7-13/h3-6,10H,8H2,1-2H3/t10-/m1/s1. The van der Waals surface area contributed by atoms with Gasteiger partial charge in [-0.15, -0.1) is 10.2 Å². The van der Waals surface area contributed by atoms with Crippen LogP contribution in [0, 0.1) is 24.2 Å². The summed E-state index contributed by atoms with van der Waals surface area (Å²) in [5, 5.41) is 20.9. The topological polar surface area (TPSA) is 67.4 Å². The van der Waals surface area contributed by atoms with Gasteiger partial charge in [0.2, 0.25) is 5.82 Å². The Morgan fingerprint density at radius 1 is 1.35 bits per heavy atom. The SMILES string of the molecule is Cc1ccc(-c2nnn(C[C@H](C)C#N)n2)cc1. The molecule has 0 unspecified atom stereocenters. The van der Waals surface area contributed by atoms with E-state index in [4.69, 9.17) is 5.26 Å². The fourth-order valence-electron chi connectivity index (χ4n) is 1.42. The van der Waals surface area contributed by atoms with Gasteiger partial charge in [0.25, 0.3) is 0 Å². The Kier molecular flexibility index (Phi) is 3.15. The van der Waals surface area contributed by atoms with E-state index in [-0.39, 0.29) is 5.92 Å². The van der Waals surface area contributed by atoms with E-state index in [1.54, 1.807) is 0 Å². The number of benzene rings is 1. The summed E-state index contributed by atoms with van der Waals surface area (Å²) in [6, 6.07) is 10.1. The fourth-order valence-corrected chi connectivity index (χ4v) is 1.42. The minimum absolute atomic E-state index is 0.116. The molecule has 1 aromatic heterocycles. The van der Waals surface area contributed by atoms with Crippen molar-refractivity contribution in [2.75, 3.05) is 0 Å². The molecule has 2 rings (SSSR count). The zero-order valence-electron chi connectivity index (χ0n) is 9.83. The summed E-state index contributed by atoms with van der Waals surface area (Å²) in [5.74, 6) is 0.477. The summed E-state index contributed by atoms with van der Waals surface area (Å²) >= 11 is 0. The molecule has 0 aliphatic rings. The van der Waals surface area contributed by atoms with Gasteiger partial charge in [-0.25, -0.2) is 0 Å². The van der Waals surface area contributed by atoms with E-state index in [1.807, 2.05) is 38.1 Å². The molecule has 0 aliphatic heterocycles. The Hall–Kier alpha value is -2.22. The number of hydrogen-bond donors (Lipinski definition) is 0. The van der Waals surface area contributed by atoms with Gasteiger partial charge in [-0.2, -0.15) is 10.1 Å². The van der Waals surface area contributed by atoms with E-state index < -0.39 is 0 Å². The number of aryl methyl sites for hydroxylation is 1. The summed E-state index contributed by atoms with van der Waals surface area (Å²) in [5.41, 5.74) is 2.13. The van der Waals surface area contributed by atoms with Gasteiger partial charge in [-0.3, -0.25) is 0 Å². The van der Waals surface area contributed by atoms with Gasteiger partial charge in [-0.05, 0) is 19.1 Å². The van der Waals surface area contributed by atoms with E-state index in [0.717, 1.165) is 5.56 Å². The van der Waals surface area contributed by atoms with Crippen molar-refractivity contribution in [2.45, 2.75) is 20.4 Å². The Labute approximate surface area is 99.7 Å². The molecule has 86 valence electrons. The van der Waals surface area contributed by atoms with Crippen LogP contribution < -0.4 is 0 Å². The maximum absolute atomic E-state index is 8.71. The highest BCUT2D eigenvalue weighted by Crippen LogP contribution is 2.14. The quantitative estimate of drug-likeness (QED) is 0.802. The zero-order valence-corrected chi connectivity index (χ0v) is 9.83. The average Bonchev–Trinajstić information content (AvgIpc) is 2.78. The van der Waals surface area contributed by atoms with Crippen molar-refractivity contribution < 1.29 is 0 Å². The van der Waals surface area contributed by atoms with Crippen LogP contribution in [0.2, 0.25) is 0 Å². The monoisotopic (exact) mass is 227 g/mol. The number of rotatable bonds is 3. The smallest absolute Gasteiger partial charge is 0.198 e. The molecule has 0 spiro atoms. The summed E-state index contributed by atoms with van der Waals surface area (Å²) in [6.45, 7) is 4.33. The first-order chi connectivity index (χ1) is 8.19. The van der Waals surface area contributed by atoms with Gasteiger partial charge >= 0.3 is 0 Å². The van der Waals surface area contributed by atoms with Gasteiger partial charge in [0.1, 0.15) is 0 Å². The molecule has 5 heteroatoms. The Bertz CT molecular complexity index is 535. The van der Waals surface area contributed by atoms with Gasteiger partial charge in [-0.1, -0.05) is 29.8 Å². The molecule has 0 radical (unpaired) electrons. The fraction of sp³-hybridized carbons (Fsp3) is 0.333. The molecule has 0 amide bonds. The molecule has 0 bridgehead atoms. The third-order valence-electron chi connectivity index (χ3n) is 2.42. The minimum Gasteiger partial charge on any atom is -0.198 e. The van der Waals surface area contributed by atoms with Crippen molar-refractivity contribution in [3.63, 3.8) is 0 Å². The Morgan fingerprint density at radius 2 is 2.06 bits per heavy atom. The zero-order chi connectivity index (χ0) is 12.3. The molecular formula is C12H13N5. The van der Waals surface area contributed by atoms with Crippen LogP contribution >= 0.6 is 0 Å². The maximum atomic E-state index is 8.71. The lowest BCUT2D eigenvalue weighted by Crippen LogP contribution is -2.09. The second-order valence-electron chi connectivity index (χ2n) is 4.06. The van der Waals surface area contributed by atoms with Crippen molar-refractivity contribution in [1.29, 1.82) is 5.26 Å². The van der Waals surface area contributed by atoms with Crippen LogP contribution in [0.1, 0.15) is 12.5 Å². The van der Waals surface area contributed by atoms with Crippen LogP contribution in [0.15, 0.2) is 24.3 Å². The molecule has 0 aliphatic carbocycles. The number of nitrogens with zero attached hydrogens (tertiary/aromatic N) is 5. The third kappa shape index (κ3) is 2.67. The lowest BCUT2D eigenvalue weighted by Gasteiger charge is -1.98. The van der Waals surface area contributed by atoms with Gasteiger partial charge in [0.05, 0.1) is 18.5 Å². The van der Waals surface area contributed by atoms with Crippen LogP contribution in [0.5, 0.6) is 0 Å². The van der Waals surface area contributed by atoms with E-state index in [0.29, 0.717) is 12.4 Å². The number of nitriles is 1. The molecule has 17 heavy (non-hydrogen) atoms. The minimum atomic E-state index is -0.116. The van der Waals surface area contributed by atoms with Gasteiger partial charge in [0.15, 0.2) is 0 Å². The summed E-state index contributed by atoms with van der Waals surface area (Å²) in [7, 11) is 0.